The first kappa shape index (κ1) is 22.9. The number of methoxy groups -OCH3 is 1. The Balaban J connectivity index is 1.70. The van der Waals surface area contributed by atoms with Crippen LogP contribution in [0.15, 0.2) is 18.2 Å². The van der Waals surface area contributed by atoms with Crippen molar-refractivity contribution in [2.24, 2.45) is 5.92 Å². The Labute approximate surface area is 182 Å². The van der Waals surface area contributed by atoms with E-state index in [4.69, 9.17) is 14.2 Å². The molecule has 1 fully saturated rings. The number of carbonyl (C=O) groups is 3. The number of carbonyl (C=O) groups excluding carboxylic acids is 3. The predicted octanol–water partition coefficient (Wildman–Crippen LogP) is 1.31. The third kappa shape index (κ3) is 5.66. The first-order valence-corrected chi connectivity index (χ1v) is 10.7. The lowest BCUT2D eigenvalue weighted by Crippen LogP contribution is -2.55. The molecule has 2 heterocycles. The number of benzene rings is 1. The second kappa shape index (κ2) is 10.5. The highest BCUT2D eigenvalue weighted by atomic mass is 16.7. The van der Waals surface area contributed by atoms with E-state index in [1.54, 1.807) is 23.1 Å². The minimum atomic E-state index is -0.688. The quantitative estimate of drug-likeness (QED) is 0.640. The van der Waals surface area contributed by atoms with Crippen LogP contribution in [0.3, 0.4) is 0 Å². The standard InChI is InChI=1S/C22H31N3O6/c1-4-14(2)23-22(28)20(15-7-9-25(10-8-15)19(26)12-29-3)24-21(27)16-5-6-17-18(11-16)31-13-30-17/h5-6,11,14-15,20H,4,7-10,12-13H2,1-3H3,(H,23,28)(H,24,27)/t14-,20-/m1/s1. The molecule has 9 heteroatoms. The first-order valence-electron chi connectivity index (χ1n) is 10.7. The highest BCUT2D eigenvalue weighted by molar-refractivity contribution is 5.98. The number of nitrogens with one attached hydrogen (secondary N) is 2. The lowest BCUT2D eigenvalue weighted by molar-refractivity contribution is -0.136. The van der Waals surface area contributed by atoms with Crippen LogP contribution in [-0.4, -0.2) is 68.3 Å². The summed E-state index contributed by atoms with van der Waals surface area (Å²) in [6.07, 6.45) is 2.03. The van der Waals surface area contributed by atoms with Crippen molar-refractivity contribution in [3.63, 3.8) is 0 Å². The van der Waals surface area contributed by atoms with Crippen LogP contribution in [0.25, 0.3) is 0 Å². The van der Waals surface area contributed by atoms with Gasteiger partial charge in [0.1, 0.15) is 12.6 Å². The lowest BCUT2D eigenvalue weighted by atomic mass is 9.88. The topological polar surface area (TPSA) is 106 Å². The van der Waals surface area contributed by atoms with E-state index < -0.39 is 6.04 Å². The maximum absolute atomic E-state index is 13.0. The number of hydrogen-bond acceptors (Lipinski definition) is 6. The Morgan fingerprint density at radius 3 is 2.55 bits per heavy atom. The van der Waals surface area contributed by atoms with Gasteiger partial charge in [-0.3, -0.25) is 14.4 Å². The van der Waals surface area contributed by atoms with E-state index in [9.17, 15) is 14.4 Å². The second-order valence-corrected chi connectivity index (χ2v) is 7.99. The molecule has 1 aromatic carbocycles. The fourth-order valence-electron chi connectivity index (χ4n) is 3.79. The SMILES string of the molecule is CC[C@@H](C)NC(=O)[C@H](NC(=O)c1ccc2c(c1)OCO2)C1CCN(C(=O)COC)CC1. The van der Waals surface area contributed by atoms with E-state index in [-0.39, 0.29) is 43.1 Å². The summed E-state index contributed by atoms with van der Waals surface area (Å²) in [6, 6.07) is 4.27. The van der Waals surface area contributed by atoms with Crippen molar-refractivity contribution in [1.82, 2.24) is 15.5 Å². The monoisotopic (exact) mass is 433 g/mol. The van der Waals surface area contributed by atoms with Crippen molar-refractivity contribution >= 4 is 17.7 Å². The molecular formula is C22H31N3O6. The number of rotatable bonds is 8. The smallest absolute Gasteiger partial charge is 0.252 e. The van der Waals surface area contributed by atoms with Crippen molar-refractivity contribution in [2.45, 2.75) is 45.2 Å². The van der Waals surface area contributed by atoms with E-state index in [0.717, 1.165) is 6.42 Å². The summed E-state index contributed by atoms with van der Waals surface area (Å²) in [5.74, 6) is 0.416. The normalized spacial score (nSPS) is 17.7. The van der Waals surface area contributed by atoms with E-state index in [0.29, 0.717) is 43.0 Å². The number of likely N-dealkylation sites (tertiary alicyclic amines) is 1. The number of ether oxygens (including phenoxy) is 3. The molecule has 0 aliphatic carbocycles. The summed E-state index contributed by atoms with van der Waals surface area (Å²) < 4.78 is 15.6. The molecule has 0 radical (unpaired) electrons. The van der Waals surface area contributed by atoms with Gasteiger partial charge in [-0.05, 0) is 50.3 Å². The number of fused-ring (bicyclic) bond motifs is 1. The number of amides is 3. The molecule has 2 aliphatic rings. The highest BCUT2D eigenvalue weighted by Gasteiger charge is 2.34. The maximum atomic E-state index is 13.0. The average molecular weight is 434 g/mol. The van der Waals surface area contributed by atoms with Crippen LogP contribution in [-0.2, 0) is 14.3 Å². The number of piperidine rings is 1. The Morgan fingerprint density at radius 2 is 1.87 bits per heavy atom. The number of nitrogens with zero attached hydrogens (tertiary/aromatic N) is 1. The van der Waals surface area contributed by atoms with Crippen LogP contribution in [0.1, 0.15) is 43.5 Å². The van der Waals surface area contributed by atoms with Crippen molar-refractivity contribution in [2.75, 3.05) is 33.6 Å². The van der Waals surface area contributed by atoms with Gasteiger partial charge in [-0.1, -0.05) is 6.92 Å². The minimum absolute atomic E-state index is 0.000755. The van der Waals surface area contributed by atoms with Gasteiger partial charge in [-0.25, -0.2) is 0 Å². The molecule has 31 heavy (non-hydrogen) atoms. The van der Waals surface area contributed by atoms with Gasteiger partial charge >= 0.3 is 0 Å². The summed E-state index contributed by atoms with van der Waals surface area (Å²) in [6.45, 7) is 5.15. The Kier molecular flexibility index (Phi) is 7.73. The summed E-state index contributed by atoms with van der Waals surface area (Å²) in [5, 5.41) is 5.90. The lowest BCUT2D eigenvalue weighted by Gasteiger charge is -2.36. The van der Waals surface area contributed by atoms with E-state index in [1.165, 1.54) is 7.11 Å². The molecule has 1 aromatic rings. The van der Waals surface area contributed by atoms with Gasteiger partial charge in [-0.15, -0.1) is 0 Å². The van der Waals surface area contributed by atoms with Gasteiger partial charge in [0.05, 0.1) is 0 Å². The van der Waals surface area contributed by atoms with Crippen molar-refractivity contribution in [3.8, 4) is 11.5 Å². The second-order valence-electron chi connectivity index (χ2n) is 7.99. The maximum Gasteiger partial charge on any atom is 0.252 e. The molecule has 3 rings (SSSR count). The summed E-state index contributed by atoms with van der Waals surface area (Å²) in [5.41, 5.74) is 0.401. The van der Waals surface area contributed by atoms with Crippen LogP contribution < -0.4 is 20.1 Å². The van der Waals surface area contributed by atoms with Gasteiger partial charge in [-0.2, -0.15) is 0 Å². The molecule has 9 nitrogen and oxygen atoms in total. The summed E-state index contributed by atoms with van der Waals surface area (Å²) in [7, 11) is 1.49. The van der Waals surface area contributed by atoms with Crippen LogP contribution >= 0.6 is 0 Å². The minimum Gasteiger partial charge on any atom is -0.454 e. The van der Waals surface area contributed by atoms with Gasteiger partial charge in [0.15, 0.2) is 11.5 Å². The zero-order valence-corrected chi connectivity index (χ0v) is 18.3. The molecule has 0 spiro atoms. The van der Waals surface area contributed by atoms with E-state index in [2.05, 4.69) is 10.6 Å². The average Bonchev–Trinajstić information content (AvgIpc) is 3.25. The van der Waals surface area contributed by atoms with Crippen LogP contribution in [0.5, 0.6) is 11.5 Å². The third-order valence-electron chi connectivity index (χ3n) is 5.84. The van der Waals surface area contributed by atoms with Crippen LogP contribution in [0, 0.1) is 5.92 Å². The van der Waals surface area contributed by atoms with E-state index in [1.807, 2.05) is 13.8 Å². The Hall–Kier alpha value is -2.81. The fourth-order valence-corrected chi connectivity index (χ4v) is 3.79. The molecule has 2 aliphatic heterocycles. The predicted molar refractivity (Wildman–Crippen MR) is 113 cm³/mol. The molecule has 0 aromatic heterocycles. The van der Waals surface area contributed by atoms with Gasteiger partial charge in [0.2, 0.25) is 18.6 Å². The van der Waals surface area contributed by atoms with Gasteiger partial charge in [0.25, 0.3) is 5.91 Å². The zero-order chi connectivity index (χ0) is 22.4. The van der Waals surface area contributed by atoms with Crippen molar-refractivity contribution in [1.29, 1.82) is 0 Å². The zero-order valence-electron chi connectivity index (χ0n) is 18.3. The third-order valence-corrected chi connectivity index (χ3v) is 5.84. The van der Waals surface area contributed by atoms with E-state index >= 15 is 0 Å². The molecule has 3 amide bonds. The molecule has 0 bridgehead atoms. The van der Waals surface area contributed by atoms with Crippen molar-refractivity contribution < 1.29 is 28.6 Å². The number of hydrogen-bond donors (Lipinski definition) is 2. The molecule has 2 atom stereocenters. The van der Waals surface area contributed by atoms with Crippen molar-refractivity contribution in [3.05, 3.63) is 23.8 Å². The van der Waals surface area contributed by atoms with Crippen LogP contribution in [0.4, 0.5) is 0 Å². The summed E-state index contributed by atoms with van der Waals surface area (Å²) in [4.78, 5) is 39.8. The summed E-state index contributed by atoms with van der Waals surface area (Å²) >= 11 is 0. The molecule has 0 saturated carbocycles. The Morgan fingerprint density at radius 1 is 1.16 bits per heavy atom. The molecule has 2 N–H and O–H groups in total. The fraction of sp³-hybridized carbons (Fsp3) is 0.591. The highest BCUT2D eigenvalue weighted by Crippen LogP contribution is 2.32. The molecule has 170 valence electrons. The van der Waals surface area contributed by atoms with Crippen LogP contribution in [0.2, 0.25) is 0 Å². The molecule has 1 saturated heterocycles. The molecular weight excluding hydrogens is 402 g/mol. The van der Waals surface area contributed by atoms with Gasteiger partial charge < -0.3 is 29.7 Å². The Bertz CT molecular complexity index is 806. The molecule has 0 unspecified atom stereocenters. The van der Waals surface area contributed by atoms with Gasteiger partial charge in [0, 0.05) is 31.8 Å². The first-order chi connectivity index (χ1) is 14.9. The largest absolute Gasteiger partial charge is 0.454 e.